The van der Waals surface area contributed by atoms with E-state index in [1.807, 2.05) is 0 Å². The van der Waals surface area contributed by atoms with Gasteiger partial charge in [0.1, 0.15) is 29.4 Å². The first kappa shape index (κ1) is 20.9. The molecule has 4 N–H and O–H groups in total. The maximum atomic E-state index is 13.6. The van der Waals surface area contributed by atoms with E-state index in [0.29, 0.717) is 5.69 Å². The molecule has 0 saturated carbocycles. The van der Waals surface area contributed by atoms with E-state index in [-0.39, 0.29) is 17.7 Å². The van der Waals surface area contributed by atoms with E-state index in [2.05, 4.69) is 5.10 Å². The number of nitrogens with two attached hydrogens (primary N) is 2. The summed E-state index contributed by atoms with van der Waals surface area (Å²) < 4.78 is 26.8. The Morgan fingerprint density at radius 2 is 1.77 bits per heavy atom. The minimum Gasteiger partial charge on any atom is -0.368 e. The van der Waals surface area contributed by atoms with Crippen molar-refractivity contribution in [3.05, 3.63) is 65.7 Å². The number of halogens is 2. The average molecular weight is 415 g/mol. The Labute approximate surface area is 170 Å². The Bertz CT molecular complexity index is 1030. The number of amides is 3. The SMILES string of the molecule is CN(C(=O)C1=NN(c2ccc(F)cc2)C(C(N)=O)C1)C(C(N)=O)c1cccc(F)c1. The molecule has 0 aromatic heterocycles. The quantitative estimate of drug-likeness (QED) is 0.733. The van der Waals surface area contributed by atoms with Crippen molar-refractivity contribution in [3.8, 4) is 0 Å². The number of carbonyl (C=O) groups is 3. The van der Waals surface area contributed by atoms with Crippen molar-refractivity contribution in [2.75, 3.05) is 12.1 Å². The average Bonchev–Trinajstić information content (AvgIpc) is 3.13. The van der Waals surface area contributed by atoms with E-state index in [9.17, 15) is 23.2 Å². The lowest BCUT2D eigenvalue weighted by Gasteiger charge is -2.26. The molecule has 0 radical (unpaired) electrons. The van der Waals surface area contributed by atoms with E-state index in [0.717, 1.165) is 11.0 Å². The monoisotopic (exact) mass is 415 g/mol. The second kappa shape index (κ2) is 8.27. The van der Waals surface area contributed by atoms with E-state index in [4.69, 9.17) is 11.5 Å². The van der Waals surface area contributed by atoms with Crippen LogP contribution in [0.4, 0.5) is 14.5 Å². The molecule has 8 nitrogen and oxygen atoms in total. The molecule has 3 rings (SSSR count). The molecule has 1 aliphatic heterocycles. The van der Waals surface area contributed by atoms with Gasteiger partial charge in [-0.15, -0.1) is 0 Å². The minimum absolute atomic E-state index is 0.0479. The molecule has 2 unspecified atom stereocenters. The summed E-state index contributed by atoms with van der Waals surface area (Å²) in [5, 5.41) is 5.40. The predicted molar refractivity (Wildman–Crippen MR) is 105 cm³/mol. The van der Waals surface area contributed by atoms with Crippen LogP contribution >= 0.6 is 0 Å². The number of likely N-dealkylation sites (N-methyl/N-ethyl adjacent to an activating group) is 1. The first-order valence-electron chi connectivity index (χ1n) is 8.92. The topological polar surface area (TPSA) is 122 Å². The first-order valence-corrected chi connectivity index (χ1v) is 8.92. The smallest absolute Gasteiger partial charge is 0.270 e. The summed E-state index contributed by atoms with van der Waals surface area (Å²) in [4.78, 5) is 37.9. The second-order valence-corrected chi connectivity index (χ2v) is 6.77. The second-order valence-electron chi connectivity index (χ2n) is 6.77. The lowest BCUT2D eigenvalue weighted by atomic mass is 10.0. The van der Waals surface area contributed by atoms with Crippen molar-refractivity contribution in [2.45, 2.75) is 18.5 Å². The number of rotatable bonds is 6. The highest BCUT2D eigenvalue weighted by atomic mass is 19.1. The minimum atomic E-state index is -1.25. The zero-order chi connectivity index (χ0) is 22.0. The summed E-state index contributed by atoms with van der Waals surface area (Å²) >= 11 is 0. The van der Waals surface area contributed by atoms with Crippen LogP contribution in [0.25, 0.3) is 0 Å². The lowest BCUT2D eigenvalue weighted by Crippen LogP contribution is -2.43. The van der Waals surface area contributed by atoms with Crippen molar-refractivity contribution < 1.29 is 23.2 Å². The van der Waals surface area contributed by atoms with Gasteiger partial charge in [0.25, 0.3) is 5.91 Å². The largest absolute Gasteiger partial charge is 0.368 e. The van der Waals surface area contributed by atoms with Gasteiger partial charge in [0.05, 0.1) is 5.69 Å². The van der Waals surface area contributed by atoms with E-state index >= 15 is 0 Å². The third-order valence-corrected chi connectivity index (χ3v) is 4.72. The highest BCUT2D eigenvalue weighted by Crippen LogP contribution is 2.27. The number of carbonyl (C=O) groups excluding carboxylic acids is 3. The fourth-order valence-corrected chi connectivity index (χ4v) is 3.27. The molecular weight excluding hydrogens is 396 g/mol. The van der Waals surface area contributed by atoms with Crippen molar-refractivity contribution in [2.24, 2.45) is 16.6 Å². The number of primary amides is 2. The molecule has 10 heteroatoms. The van der Waals surface area contributed by atoms with Crippen molar-refractivity contribution in [3.63, 3.8) is 0 Å². The molecule has 2 aromatic carbocycles. The van der Waals surface area contributed by atoms with Gasteiger partial charge >= 0.3 is 0 Å². The van der Waals surface area contributed by atoms with Crippen LogP contribution in [0.5, 0.6) is 0 Å². The maximum absolute atomic E-state index is 13.6. The molecular formula is C20H19F2N5O3. The normalized spacial score (nSPS) is 16.7. The Morgan fingerprint density at radius 1 is 1.10 bits per heavy atom. The zero-order valence-corrected chi connectivity index (χ0v) is 16.0. The van der Waals surface area contributed by atoms with Crippen molar-refractivity contribution in [1.29, 1.82) is 0 Å². The molecule has 0 aliphatic carbocycles. The standard InChI is InChI=1S/C20H19F2N5O3/c1-26(17(19(24)29)11-3-2-4-13(22)9-11)20(30)15-10-16(18(23)28)27(25-15)14-7-5-12(21)6-8-14/h2-9,16-17H,10H2,1H3,(H2,23,28)(H2,24,29). The van der Waals surface area contributed by atoms with Gasteiger partial charge in [-0.2, -0.15) is 5.10 Å². The predicted octanol–water partition coefficient (Wildman–Crippen LogP) is 1.07. The number of anilines is 1. The number of hydrogen-bond donors (Lipinski definition) is 2. The molecule has 0 bridgehead atoms. The van der Waals surface area contributed by atoms with Crippen LogP contribution in [0.2, 0.25) is 0 Å². The van der Waals surface area contributed by atoms with Crippen molar-refractivity contribution >= 4 is 29.1 Å². The van der Waals surface area contributed by atoms with E-state index in [1.54, 1.807) is 0 Å². The summed E-state index contributed by atoms with van der Waals surface area (Å²) in [7, 11) is 1.32. The van der Waals surface area contributed by atoms with Gasteiger partial charge in [-0.1, -0.05) is 12.1 Å². The van der Waals surface area contributed by atoms with Gasteiger partial charge in [-0.25, -0.2) is 8.78 Å². The van der Waals surface area contributed by atoms with Gasteiger partial charge in [-0.05, 0) is 42.0 Å². The van der Waals surface area contributed by atoms with Crippen LogP contribution in [0, 0.1) is 11.6 Å². The Hall–Kier alpha value is -3.82. The van der Waals surface area contributed by atoms with Gasteiger partial charge in [-0.3, -0.25) is 19.4 Å². The molecule has 30 heavy (non-hydrogen) atoms. The summed E-state index contributed by atoms with van der Waals surface area (Å²) in [6, 6.07) is 8.10. The summed E-state index contributed by atoms with van der Waals surface area (Å²) in [5.41, 5.74) is 11.4. The first-order chi connectivity index (χ1) is 14.2. The summed E-state index contributed by atoms with van der Waals surface area (Å²) in [6.45, 7) is 0. The number of benzene rings is 2. The van der Waals surface area contributed by atoms with Gasteiger partial charge < -0.3 is 16.4 Å². The molecule has 1 heterocycles. The highest BCUT2D eigenvalue weighted by molar-refractivity contribution is 6.40. The molecule has 1 aliphatic rings. The third-order valence-electron chi connectivity index (χ3n) is 4.72. The maximum Gasteiger partial charge on any atom is 0.270 e. The fraction of sp³-hybridized carbons (Fsp3) is 0.200. The van der Waals surface area contributed by atoms with Crippen LogP contribution in [-0.2, 0) is 14.4 Å². The Balaban J connectivity index is 1.92. The third kappa shape index (κ3) is 4.12. The van der Waals surface area contributed by atoms with Crippen LogP contribution in [0.1, 0.15) is 18.0 Å². The summed E-state index contributed by atoms with van der Waals surface area (Å²) in [6.07, 6.45) is -0.121. The van der Waals surface area contributed by atoms with Crippen LogP contribution in [0.3, 0.4) is 0 Å². The molecule has 2 atom stereocenters. The van der Waals surface area contributed by atoms with E-state index in [1.165, 1.54) is 54.5 Å². The molecule has 2 aromatic rings. The van der Waals surface area contributed by atoms with Crippen LogP contribution < -0.4 is 16.5 Å². The van der Waals surface area contributed by atoms with Crippen LogP contribution in [0.15, 0.2) is 53.6 Å². The van der Waals surface area contributed by atoms with Crippen molar-refractivity contribution in [1.82, 2.24) is 4.90 Å². The number of nitrogens with zero attached hydrogens (tertiary/aromatic N) is 3. The zero-order valence-electron chi connectivity index (χ0n) is 16.0. The van der Waals surface area contributed by atoms with Gasteiger partial charge in [0.15, 0.2) is 0 Å². The van der Waals surface area contributed by atoms with Gasteiger partial charge in [0, 0.05) is 13.5 Å². The molecule has 0 fully saturated rings. The highest BCUT2D eigenvalue weighted by Gasteiger charge is 2.38. The van der Waals surface area contributed by atoms with Gasteiger partial charge in [0.2, 0.25) is 11.8 Å². The van der Waals surface area contributed by atoms with E-state index < -0.39 is 41.4 Å². The fourth-order valence-electron chi connectivity index (χ4n) is 3.27. The Morgan fingerprint density at radius 3 is 2.33 bits per heavy atom. The van der Waals surface area contributed by atoms with Crippen LogP contribution in [-0.4, -0.2) is 41.4 Å². The number of hydrogen-bond acceptors (Lipinski definition) is 5. The molecule has 0 saturated heterocycles. The number of hydrazone groups is 1. The molecule has 156 valence electrons. The molecule has 0 spiro atoms. The Kier molecular flexibility index (Phi) is 5.77. The summed E-state index contributed by atoms with van der Waals surface area (Å²) in [5.74, 6) is -3.34. The lowest BCUT2D eigenvalue weighted by molar-refractivity contribution is -0.133. The molecule has 3 amide bonds.